The Labute approximate surface area is 129 Å². The first-order valence-corrected chi connectivity index (χ1v) is 6.91. The molecular weight excluding hydrogens is 334 g/mol. The molecule has 2 aromatic heterocycles. The second kappa shape index (κ2) is 5.84. The van der Waals surface area contributed by atoms with Gasteiger partial charge in [-0.05, 0) is 36.4 Å². The monoisotopic (exact) mass is 343 g/mol. The Morgan fingerprint density at radius 1 is 1.05 bits per heavy atom. The van der Waals surface area contributed by atoms with Crippen LogP contribution in [0.5, 0.6) is 0 Å². The van der Waals surface area contributed by atoms with Gasteiger partial charge < -0.3 is 5.32 Å². The highest BCUT2D eigenvalue weighted by atomic mass is 79.9. The third-order valence-electron chi connectivity index (χ3n) is 2.75. The quantitative estimate of drug-likeness (QED) is 0.793. The van der Waals surface area contributed by atoms with Crippen LogP contribution < -0.4 is 5.32 Å². The molecule has 21 heavy (non-hydrogen) atoms. The van der Waals surface area contributed by atoms with E-state index in [0.29, 0.717) is 17.2 Å². The number of anilines is 1. The van der Waals surface area contributed by atoms with E-state index in [1.807, 2.05) is 24.3 Å². The minimum atomic E-state index is -0.271. The van der Waals surface area contributed by atoms with Crippen LogP contribution in [0.15, 0.2) is 59.6 Å². The Balaban J connectivity index is 1.81. The first-order chi connectivity index (χ1) is 10.2. The summed E-state index contributed by atoms with van der Waals surface area (Å²) in [6, 6.07) is 12.5. The van der Waals surface area contributed by atoms with Crippen molar-refractivity contribution in [2.24, 2.45) is 0 Å². The number of carbonyl (C=O) groups is 1. The summed E-state index contributed by atoms with van der Waals surface area (Å²) in [4.78, 5) is 16.5. The highest BCUT2D eigenvalue weighted by molar-refractivity contribution is 9.10. The molecule has 3 rings (SSSR count). The molecule has 3 aromatic rings. The molecule has 1 aromatic carbocycles. The zero-order chi connectivity index (χ0) is 14.7. The Morgan fingerprint density at radius 2 is 1.76 bits per heavy atom. The van der Waals surface area contributed by atoms with Gasteiger partial charge in [0.2, 0.25) is 0 Å². The van der Waals surface area contributed by atoms with Crippen LogP contribution in [-0.4, -0.2) is 25.7 Å². The van der Waals surface area contributed by atoms with Gasteiger partial charge in [0, 0.05) is 10.2 Å². The lowest BCUT2D eigenvalue weighted by molar-refractivity contribution is 0.102. The second-order valence-corrected chi connectivity index (χ2v) is 5.13. The van der Waals surface area contributed by atoms with Crippen molar-refractivity contribution in [1.29, 1.82) is 0 Å². The molecule has 0 aliphatic heterocycles. The van der Waals surface area contributed by atoms with Gasteiger partial charge >= 0.3 is 0 Å². The number of amides is 1. The zero-order valence-electron chi connectivity index (χ0n) is 10.8. The van der Waals surface area contributed by atoms with Gasteiger partial charge in [0.1, 0.15) is 24.2 Å². The summed E-state index contributed by atoms with van der Waals surface area (Å²) >= 11 is 3.35. The zero-order valence-corrected chi connectivity index (χ0v) is 12.4. The number of halogens is 1. The van der Waals surface area contributed by atoms with E-state index >= 15 is 0 Å². The topological polar surface area (TPSA) is 72.7 Å². The first kappa shape index (κ1) is 13.4. The summed E-state index contributed by atoms with van der Waals surface area (Å²) < 4.78 is 2.59. The van der Waals surface area contributed by atoms with Crippen molar-refractivity contribution >= 4 is 27.5 Å². The van der Waals surface area contributed by atoms with E-state index in [1.54, 1.807) is 22.8 Å². The molecule has 0 aliphatic carbocycles. The third kappa shape index (κ3) is 3.14. The molecule has 6 nitrogen and oxygen atoms in total. The Hall–Kier alpha value is -2.54. The first-order valence-electron chi connectivity index (χ1n) is 6.11. The van der Waals surface area contributed by atoms with E-state index in [0.717, 1.165) is 4.47 Å². The molecule has 0 fully saturated rings. The largest absolute Gasteiger partial charge is 0.321 e. The summed E-state index contributed by atoms with van der Waals surface area (Å²) in [7, 11) is 0. The van der Waals surface area contributed by atoms with Gasteiger partial charge in [-0.3, -0.25) is 9.36 Å². The van der Waals surface area contributed by atoms with Crippen molar-refractivity contribution in [2.75, 3.05) is 5.32 Å². The van der Waals surface area contributed by atoms with E-state index < -0.39 is 0 Å². The highest BCUT2D eigenvalue weighted by Gasteiger charge is 2.09. The number of hydrogen-bond donors (Lipinski definition) is 1. The summed E-state index contributed by atoms with van der Waals surface area (Å²) in [5, 5.41) is 10.2. The standard InChI is InChI=1S/C14H10BrN5O/c15-10-4-6-11(7-5-10)18-14(21)12-2-1-3-13(19-12)20-8-16-17-9-20/h1-9H,(H,18,21). The van der Waals surface area contributed by atoms with Crippen molar-refractivity contribution < 1.29 is 4.79 Å². The fraction of sp³-hybridized carbons (Fsp3) is 0. The Bertz CT molecular complexity index is 755. The number of aromatic nitrogens is 4. The lowest BCUT2D eigenvalue weighted by atomic mass is 10.3. The van der Waals surface area contributed by atoms with Crippen molar-refractivity contribution in [1.82, 2.24) is 19.7 Å². The molecule has 0 radical (unpaired) electrons. The molecule has 0 saturated heterocycles. The second-order valence-electron chi connectivity index (χ2n) is 4.21. The fourth-order valence-electron chi connectivity index (χ4n) is 1.74. The van der Waals surface area contributed by atoms with Crippen molar-refractivity contribution in [2.45, 2.75) is 0 Å². The molecular formula is C14H10BrN5O. The summed E-state index contributed by atoms with van der Waals surface area (Å²) in [5.74, 6) is 0.315. The number of nitrogens with zero attached hydrogens (tertiary/aromatic N) is 4. The Kier molecular flexibility index (Phi) is 3.74. The maximum Gasteiger partial charge on any atom is 0.274 e. The van der Waals surface area contributed by atoms with Crippen LogP contribution in [0.1, 0.15) is 10.5 Å². The van der Waals surface area contributed by atoms with Crippen LogP contribution in [0, 0.1) is 0 Å². The van der Waals surface area contributed by atoms with Crippen LogP contribution in [0.25, 0.3) is 5.82 Å². The van der Waals surface area contributed by atoms with Crippen LogP contribution >= 0.6 is 15.9 Å². The average Bonchev–Trinajstić information content (AvgIpc) is 3.04. The van der Waals surface area contributed by atoms with E-state index in [4.69, 9.17) is 0 Å². The normalized spacial score (nSPS) is 10.3. The molecule has 1 amide bonds. The summed E-state index contributed by atoms with van der Waals surface area (Å²) in [6.07, 6.45) is 3.05. The molecule has 0 saturated carbocycles. The fourth-order valence-corrected chi connectivity index (χ4v) is 2.01. The van der Waals surface area contributed by atoms with Gasteiger partial charge in [0.25, 0.3) is 5.91 Å². The van der Waals surface area contributed by atoms with Gasteiger partial charge in [0.05, 0.1) is 0 Å². The lowest BCUT2D eigenvalue weighted by Crippen LogP contribution is -2.14. The van der Waals surface area contributed by atoms with Crippen molar-refractivity contribution in [3.05, 3.63) is 65.3 Å². The van der Waals surface area contributed by atoms with Crippen molar-refractivity contribution in [3.8, 4) is 5.82 Å². The summed E-state index contributed by atoms with van der Waals surface area (Å²) in [5.41, 5.74) is 1.03. The van der Waals surface area contributed by atoms with Crippen molar-refractivity contribution in [3.63, 3.8) is 0 Å². The number of rotatable bonds is 3. The maximum atomic E-state index is 12.2. The number of benzene rings is 1. The van der Waals surface area contributed by atoms with E-state index in [-0.39, 0.29) is 5.91 Å². The predicted molar refractivity (Wildman–Crippen MR) is 81.2 cm³/mol. The molecule has 104 valence electrons. The van der Waals surface area contributed by atoms with Crippen LogP contribution in [-0.2, 0) is 0 Å². The van der Waals surface area contributed by atoms with Gasteiger partial charge in [-0.15, -0.1) is 10.2 Å². The molecule has 0 spiro atoms. The van der Waals surface area contributed by atoms with Crippen LogP contribution in [0.3, 0.4) is 0 Å². The lowest BCUT2D eigenvalue weighted by Gasteiger charge is -2.06. The smallest absolute Gasteiger partial charge is 0.274 e. The maximum absolute atomic E-state index is 12.2. The molecule has 0 bridgehead atoms. The molecule has 0 atom stereocenters. The average molecular weight is 344 g/mol. The van der Waals surface area contributed by atoms with Gasteiger partial charge in [-0.1, -0.05) is 22.0 Å². The number of pyridine rings is 1. The molecule has 7 heteroatoms. The van der Waals surface area contributed by atoms with E-state index in [2.05, 4.69) is 36.4 Å². The van der Waals surface area contributed by atoms with Gasteiger partial charge in [0.15, 0.2) is 0 Å². The molecule has 2 heterocycles. The van der Waals surface area contributed by atoms with Crippen LogP contribution in [0.2, 0.25) is 0 Å². The number of hydrogen-bond acceptors (Lipinski definition) is 4. The van der Waals surface area contributed by atoms with Crippen LogP contribution in [0.4, 0.5) is 5.69 Å². The third-order valence-corrected chi connectivity index (χ3v) is 3.28. The molecule has 0 unspecified atom stereocenters. The molecule has 1 N–H and O–H groups in total. The predicted octanol–water partition coefficient (Wildman–Crippen LogP) is 2.68. The highest BCUT2D eigenvalue weighted by Crippen LogP contribution is 2.15. The van der Waals surface area contributed by atoms with Gasteiger partial charge in [-0.25, -0.2) is 4.98 Å². The Morgan fingerprint density at radius 3 is 2.48 bits per heavy atom. The number of nitrogens with one attached hydrogen (secondary N) is 1. The van der Waals surface area contributed by atoms with E-state index in [1.165, 1.54) is 12.7 Å². The number of carbonyl (C=O) groups excluding carboxylic acids is 1. The minimum Gasteiger partial charge on any atom is -0.321 e. The minimum absolute atomic E-state index is 0.271. The van der Waals surface area contributed by atoms with Gasteiger partial charge in [-0.2, -0.15) is 0 Å². The summed E-state index contributed by atoms with van der Waals surface area (Å²) in [6.45, 7) is 0. The van der Waals surface area contributed by atoms with E-state index in [9.17, 15) is 4.79 Å². The molecule has 0 aliphatic rings. The SMILES string of the molecule is O=C(Nc1ccc(Br)cc1)c1cccc(-n2cnnc2)n1.